The summed E-state index contributed by atoms with van der Waals surface area (Å²) in [6.45, 7) is 1.92. The highest BCUT2D eigenvalue weighted by Gasteiger charge is 2.30. The van der Waals surface area contributed by atoms with E-state index in [0.717, 1.165) is 22.5 Å². The second kappa shape index (κ2) is 7.86. The Hall–Kier alpha value is -3.27. The number of ketones is 1. The molecule has 2 N–H and O–H groups in total. The fraction of sp³-hybridized carbons (Fsp3) is 0.200. The van der Waals surface area contributed by atoms with Crippen LogP contribution in [0.4, 0.5) is 24.0 Å². The summed E-state index contributed by atoms with van der Waals surface area (Å²) in [5, 5.41) is 3.53. The van der Waals surface area contributed by atoms with Gasteiger partial charge < -0.3 is 10.3 Å². The number of fused-ring (bicyclic) bond motifs is 1. The number of nitrogens with zero attached hydrogens (tertiary/aromatic N) is 3. The molecule has 1 aromatic carbocycles. The number of aromatic amines is 1. The number of aromatic nitrogens is 4. The van der Waals surface area contributed by atoms with E-state index in [4.69, 9.17) is 0 Å². The highest BCUT2D eigenvalue weighted by molar-refractivity contribution is 7.15. The molecular weight excluding hydrogens is 415 g/mol. The fourth-order valence-electron chi connectivity index (χ4n) is 2.91. The monoisotopic (exact) mass is 431 g/mol. The van der Waals surface area contributed by atoms with Gasteiger partial charge in [0.1, 0.15) is 5.69 Å². The predicted molar refractivity (Wildman–Crippen MR) is 108 cm³/mol. The van der Waals surface area contributed by atoms with Crippen LogP contribution in [0.15, 0.2) is 49.1 Å². The Bertz CT molecular complexity index is 1180. The first-order chi connectivity index (χ1) is 14.3. The molecule has 0 radical (unpaired) electrons. The molecule has 1 unspecified atom stereocenters. The summed E-state index contributed by atoms with van der Waals surface area (Å²) in [4.78, 5) is 29.0. The van der Waals surface area contributed by atoms with Crippen LogP contribution in [-0.4, -0.2) is 25.7 Å². The highest BCUT2D eigenvalue weighted by atomic mass is 32.1. The van der Waals surface area contributed by atoms with E-state index in [1.54, 1.807) is 24.8 Å². The number of nitrogens with one attached hydrogen (secondary N) is 2. The Kier molecular flexibility index (Phi) is 5.25. The number of Topliss-reactive ketones (excluding diaryl/α,β-unsaturated/α-hetero) is 1. The van der Waals surface area contributed by atoms with Crippen LogP contribution >= 0.6 is 11.3 Å². The Morgan fingerprint density at radius 2 is 1.93 bits per heavy atom. The van der Waals surface area contributed by atoms with Crippen molar-refractivity contribution in [3.05, 3.63) is 65.2 Å². The predicted octanol–water partition coefficient (Wildman–Crippen LogP) is 5.55. The van der Waals surface area contributed by atoms with Crippen molar-refractivity contribution in [2.45, 2.75) is 25.4 Å². The molecule has 0 spiro atoms. The van der Waals surface area contributed by atoms with Crippen LogP contribution in [-0.2, 0) is 6.18 Å². The Morgan fingerprint density at radius 3 is 2.67 bits per heavy atom. The molecule has 154 valence electrons. The summed E-state index contributed by atoms with van der Waals surface area (Å²) in [5.74, 6) is -0.187. The number of thiazole rings is 1. The highest BCUT2D eigenvalue weighted by Crippen LogP contribution is 2.33. The van der Waals surface area contributed by atoms with Gasteiger partial charge in [-0.15, -0.1) is 11.3 Å². The third-order valence-corrected chi connectivity index (χ3v) is 5.70. The van der Waals surface area contributed by atoms with Crippen LogP contribution in [0.3, 0.4) is 0 Å². The number of rotatable bonds is 6. The first-order valence-electron chi connectivity index (χ1n) is 9.02. The molecule has 10 heteroatoms. The minimum atomic E-state index is -4.37. The molecule has 1 atom stereocenters. The number of alkyl halides is 3. The lowest BCUT2D eigenvalue weighted by molar-refractivity contribution is -0.137. The molecule has 0 amide bonds. The number of halogens is 3. The lowest BCUT2D eigenvalue weighted by atomic mass is 10.0. The number of anilines is 2. The average Bonchev–Trinajstić information content (AvgIpc) is 3.36. The molecule has 3 heterocycles. The Morgan fingerprint density at radius 1 is 1.17 bits per heavy atom. The smallest absolute Gasteiger partial charge is 0.343 e. The van der Waals surface area contributed by atoms with Gasteiger partial charge in [0, 0.05) is 23.2 Å². The van der Waals surface area contributed by atoms with Gasteiger partial charge in [0.15, 0.2) is 10.9 Å². The molecule has 4 aromatic rings. The SMILES string of the molecule is CC(CC(=O)c1cc2nc[nH]c2cn1)c1cnc(Nc2ccc(C(F)(F)F)cc2)s1. The molecule has 0 fully saturated rings. The molecule has 0 aliphatic carbocycles. The van der Waals surface area contributed by atoms with Gasteiger partial charge in [0.25, 0.3) is 0 Å². The number of carbonyl (C=O) groups is 1. The minimum absolute atomic E-state index is 0.0881. The molecule has 0 aliphatic heterocycles. The standard InChI is InChI=1S/C20H16F3N5OS/c1-11(6-17(29)15-7-14-16(8-24-15)27-10-26-14)18-9-25-19(30-18)28-13-4-2-12(3-5-13)20(21,22)23/h2-5,7-11H,6H2,1H3,(H,25,28)(H,26,27). The van der Waals surface area contributed by atoms with E-state index in [1.807, 2.05) is 6.92 Å². The number of pyridine rings is 1. The van der Waals surface area contributed by atoms with Crippen molar-refractivity contribution in [1.82, 2.24) is 19.9 Å². The van der Waals surface area contributed by atoms with Crippen LogP contribution < -0.4 is 5.32 Å². The first-order valence-corrected chi connectivity index (χ1v) is 9.83. The zero-order valence-corrected chi connectivity index (χ0v) is 16.5. The number of benzene rings is 1. The first kappa shape index (κ1) is 20.0. The second-order valence-electron chi connectivity index (χ2n) is 6.79. The molecule has 0 aliphatic rings. The average molecular weight is 431 g/mol. The molecular formula is C20H16F3N5OS. The molecule has 0 saturated carbocycles. The maximum Gasteiger partial charge on any atom is 0.416 e. The molecule has 3 aromatic heterocycles. The summed E-state index contributed by atoms with van der Waals surface area (Å²) in [7, 11) is 0. The van der Waals surface area contributed by atoms with Gasteiger partial charge >= 0.3 is 6.18 Å². The van der Waals surface area contributed by atoms with Gasteiger partial charge in [0.05, 0.1) is 29.1 Å². The van der Waals surface area contributed by atoms with Gasteiger partial charge in [-0.3, -0.25) is 9.78 Å². The van der Waals surface area contributed by atoms with Crippen molar-refractivity contribution >= 4 is 39.0 Å². The van der Waals surface area contributed by atoms with Crippen molar-refractivity contribution in [3.8, 4) is 0 Å². The van der Waals surface area contributed by atoms with Crippen molar-refractivity contribution in [2.75, 3.05) is 5.32 Å². The van der Waals surface area contributed by atoms with E-state index in [9.17, 15) is 18.0 Å². The van der Waals surface area contributed by atoms with Crippen LogP contribution in [0.2, 0.25) is 0 Å². The van der Waals surface area contributed by atoms with Gasteiger partial charge in [0.2, 0.25) is 0 Å². The molecule has 0 bridgehead atoms. The summed E-state index contributed by atoms with van der Waals surface area (Å²) in [6, 6.07) is 6.40. The minimum Gasteiger partial charge on any atom is -0.343 e. The lowest BCUT2D eigenvalue weighted by Crippen LogP contribution is -2.06. The maximum atomic E-state index is 12.7. The molecule has 6 nitrogen and oxygen atoms in total. The number of H-pyrrole nitrogens is 1. The van der Waals surface area contributed by atoms with E-state index in [0.29, 0.717) is 22.0 Å². The third kappa shape index (κ3) is 4.33. The van der Waals surface area contributed by atoms with Gasteiger partial charge in [-0.05, 0) is 36.2 Å². The van der Waals surface area contributed by atoms with E-state index in [-0.39, 0.29) is 18.1 Å². The molecule has 0 saturated heterocycles. The normalized spacial score (nSPS) is 12.8. The number of hydrogen-bond donors (Lipinski definition) is 2. The van der Waals surface area contributed by atoms with Crippen LogP contribution in [0.1, 0.15) is 40.2 Å². The number of imidazole rings is 1. The third-order valence-electron chi connectivity index (χ3n) is 4.56. The molecule has 30 heavy (non-hydrogen) atoms. The molecule has 4 rings (SSSR count). The number of carbonyl (C=O) groups excluding carboxylic acids is 1. The van der Waals surface area contributed by atoms with Crippen LogP contribution in [0.5, 0.6) is 0 Å². The van der Waals surface area contributed by atoms with Crippen molar-refractivity contribution in [3.63, 3.8) is 0 Å². The zero-order chi connectivity index (χ0) is 21.3. The van der Waals surface area contributed by atoms with Crippen LogP contribution in [0.25, 0.3) is 11.0 Å². The van der Waals surface area contributed by atoms with E-state index in [1.165, 1.54) is 23.5 Å². The fourth-order valence-corrected chi connectivity index (χ4v) is 3.80. The van der Waals surface area contributed by atoms with Crippen molar-refractivity contribution in [2.24, 2.45) is 0 Å². The quantitative estimate of drug-likeness (QED) is 0.391. The largest absolute Gasteiger partial charge is 0.416 e. The van der Waals surface area contributed by atoms with Gasteiger partial charge in [-0.1, -0.05) is 6.92 Å². The van der Waals surface area contributed by atoms with Gasteiger partial charge in [-0.2, -0.15) is 13.2 Å². The zero-order valence-electron chi connectivity index (χ0n) is 15.7. The second-order valence-corrected chi connectivity index (χ2v) is 7.85. The van der Waals surface area contributed by atoms with Crippen molar-refractivity contribution in [1.29, 1.82) is 0 Å². The van der Waals surface area contributed by atoms with Crippen molar-refractivity contribution < 1.29 is 18.0 Å². The topological polar surface area (TPSA) is 83.6 Å². The summed E-state index contributed by atoms with van der Waals surface area (Å²) in [6.07, 6.45) is 0.681. The summed E-state index contributed by atoms with van der Waals surface area (Å²) in [5.41, 5.74) is 1.60. The summed E-state index contributed by atoms with van der Waals surface area (Å²) < 4.78 is 38.0. The van der Waals surface area contributed by atoms with E-state index in [2.05, 4.69) is 25.3 Å². The van der Waals surface area contributed by atoms with Crippen LogP contribution in [0, 0.1) is 0 Å². The van der Waals surface area contributed by atoms with E-state index >= 15 is 0 Å². The van der Waals surface area contributed by atoms with Gasteiger partial charge in [-0.25, -0.2) is 9.97 Å². The summed E-state index contributed by atoms with van der Waals surface area (Å²) >= 11 is 1.35. The Labute approximate surface area is 173 Å². The lowest BCUT2D eigenvalue weighted by Gasteiger charge is -2.08. The van der Waals surface area contributed by atoms with E-state index < -0.39 is 11.7 Å². The maximum absolute atomic E-state index is 12.7. The Balaban J connectivity index is 1.40. The number of hydrogen-bond acceptors (Lipinski definition) is 6.